The number of aromatic nitrogens is 1. The number of nitro benzene ring substituents is 1. The predicted octanol–water partition coefficient (Wildman–Crippen LogP) is 2.25. The van der Waals surface area contributed by atoms with Crippen LogP contribution in [0.25, 0.3) is 11.3 Å². The number of anilines is 1. The highest BCUT2D eigenvalue weighted by atomic mass is 16.6. The minimum atomic E-state index is -0.515. The molecule has 0 aliphatic heterocycles. The Morgan fingerprint density at radius 3 is 2.78 bits per heavy atom. The van der Waals surface area contributed by atoms with E-state index in [1.807, 2.05) is 0 Å². The van der Waals surface area contributed by atoms with Crippen LogP contribution < -0.4 is 10.5 Å². The van der Waals surface area contributed by atoms with Gasteiger partial charge in [-0.1, -0.05) is 6.07 Å². The van der Waals surface area contributed by atoms with Crippen LogP contribution in [0, 0.1) is 10.1 Å². The summed E-state index contributed by atoms with van der Waals surface area (Å²) in [6.07, 6.45) is 1.58. The Kier molecular flexibility index (Phi) is 3.09. The van der Waals surface area contributed by atoms with E-state index >= 15 is 0 Å². The maximum Gasteiger partial charge on any atom is 0.292 e. The van der Waals surface area contributed by atoms with Gasteiger partial charge < -0.3 is 10.5 Å². The lowest BCUT2D eigenvalue weighted by atomic mass is 10.1. The average Bonchev–Trinajstić information content (AvgIpc) is 2.39. The SMILES string of the molecule is COc1ccnc(-c2ccc(N)c([N+](=O)[O-])c2)c1. The van der Waals surface area contributed by atoms with E-state index in [9.17, 15) is 10.1 Å². The van der Waals surface area contributed by atoms with Crippen molar-refractivity contribution in [3.63, 3.8) is 0 Å². The van der Waals surface area contributed by atoms with Crippen molar-refractivity contribution in [3.8, 4) is 17.0 Å². The van der Waals surface area contributed by atoms with Gasteiger partial charge in [-0.05, 0) is 12.1 Å². The van der Waals surface area contributed by atoms with Gasteiger partial charge in [0, 0.05) is 23.9 Å². The smallest absolute Gasteiger partial charge is 0.292 e. The maximum absolute atomic E-state index is 10.8. The van der Waals surface area contributed by atoms with Crippen molar-refractivity contribution < 1.29 is 9.66 Å². The van der Waals surface area contributed by atoms with Crippen molar-refractivity contribution in [1.82, 2.24) is 4.98 Å². The lowest BCUT2D eigenvalue weighted by Gasteiger charge is -2.04. The second-order valence-electron chi connectivity index (χ2n) is 3.61. The van der Waals surface area contributed by atoms with E-state index in [4.69, 9.17) is 10.5 Å². The molecule has 18 heavy (non-hydrogen) atoms. The van der Waals surface area contributed by atoms with Crippen LogP contribution in [0.2, 0.25) is 0 Å². The number of hydrogen-bond donors (Lipinski definition) is 1. The number of benzene rings is 1. The summed E-state index contributed by atoms with van der Waals surface area (Å²) in [7, 11) is 1.55. The highest BCUT2D eigenvalue weighted by Gasteiger charge is 2.13. The molecule has 1 aromatic carbocycles. The Bertz CT molecular complexity index is 599. The average molecular weight is 245 g/mol. The molecule has 2 rings (SSSR count). The molecule has 0 aliphatic carbocycles. The van der Waals surface area contributed by atoms with Crippen LogP contribution in [-0.4, -0.2) is 17.0 Å². The van der Waals surface area contributed by atoms with Gasteiger partial charge in [0.15, 0.2) is 0 Å². The Morgan fingerprint density at radius 1 is 1.33 bits per heavy atom. The number of nitro groups is 1. The van der Waals surface area contributed by atoms with Gasteiger partial charge in [-0.3, -0.25) is 15.1 Å². The summed E-state index contributed by atoms with van der Waals surface area (Å²) in [4.78, 5) is 14.4. The highest BCUT2D eigenvalue weighted by Crippen LogP contribution is 2.28. The highest BCUT2D eigenvalue weighted by molar-refractivity contribution is 5.70. The largest absolute Gasteiger partial charge is 0.497 e. The number of pyridine rings is 1. The first-order valence-electron chi connectivity index (χ1n) is 5.16. The van der Waals surface area contributed by atoms with Crippen molar-refractivity contribution in [3.05, 3.63) is 46.6 Å². The molecule has 0 atom stereocenters. The fraction of sp³-hybridized carbons (Fsp3) is 0.0833. The van der Waals surface area contributed by atoms with Crippen LogP contribution in [0.15, 0.2) is 36.5 Å². The van der Waals surface area contributed by atoms with E-state index in [1.165, 1.54) is 12.1 Å². The van der Waals surface area contributed by atoms with Crippen molar-refractivity contribution in [1.29, 1.82) is 0 Å². The van der Waals surface area contributed by atoms with Crippen molar-refractivity contribution >= 4 is 11.4 Å². The fourth-order valence-corrected chi connectivity index (χ4v) is 1.56. The van der Waals surface area contributed by atoms with Crippen LogP contribution in [0.1, 0.15) is 0 Å². The summed E-state index contributed by atoms with van der Waals surface area (Å²) >= 11 is 0. The molecule has 92 valence electrons. The number of nitrogens with zero attached hydrogens (tertiary/aromatic N) is 2. The molecule has 6 heteroatoms. The fourth-order valence-electron chi connectivity index (χ4n) is 1.56. The van der Waals surface area contributed by atoms with Crippen LogP contribution in [0.5, 0.6) is 5.75 Å². The zero-order chi connectivity index (χ0) is 13.1. The molecule has 0 saturated heterocycles. The number of hydrogen-bond acceptors (Lipinski definition) is 5. The molecule has 0 radical (unpaired) electrons. The Balaban J connectivity index is 2.50. The third-order valence-corrected chi connectivity index (χ3v) is 2.49. The molecule has 2 N–H and O–H groups in total. The zero-order valence-corrected chi connectivity index (χ0v) is 9.66. The van der Waals surface area contributed by atoms with Crippen LogP contribution in [0.4, 0.5) is 11.4 Å². The van der Waals surface area contributed by atoms with Crippen LogP contribution in [0.3, 0.4) is 0 Å². The Labute approximate surface area is 103 Å². The molecule has 1 aromatic heterocycles. The first-order chi connectivity index (χ1) is 8.61. The summed E-state index contributed by atoms with van der Waals surface area (Å²) in [5, 5.41) is 10.8. The third kappa shape index (κ3) is 2.22. The molecular formula is C12H11N3O3. The Hall–Kier alpha value is -2.63. The third-order valence-electron chi connectivity index (χ3n) is 2.49. The molecule has 0 aliphatic rings. The maximum atomic E-state index is 10.8. The summed E-state index contributed by atoms with van der Waals surface area (Å²) in [6, 6.07) is 7.99. The molecule has 0 amide bonds. The molecule has 0 spiro atoms. The summed E-state index contributed by atoms with van der Waals surface area (Å²) in [5.41, 5.74) is 6.76. The van der Waals surface area contributed by atoms with Crippen molar-refractivity contribution in [2.75, 3.05) is 12.8 Å². The van der Waals surface area contributed by atoms with Gasteiger partial charge in [-0.2, -0.15) is 0 Å². The predicted molar refractivity (Wildman–Crippen MR) is 67.3 cm³/mol. The topological polar surface area (TPSA) is 91.3 Å². The van der Waals surface area contributed by atoms with Gasteiger partial charge in [0.1, 0.15) is 11.4 Å². The van der Waals surface area contributed by atoms with Crippen LogP contribution in [-0.2, 0) is 0 Å². The lowest BCUT2D eigenvalue weighted by Crippen LogP contribution is -1.96. The number of rotatable bonds is 3. The summed E-state index contributed by atoms with van der Waals surface area (Å²) in [5.74, 6) is 0.638. The van der Waals surface area contributed by atoms with E-state index in [0.717, 1.165) is 0 Å². The molecule has 2 aromatic rings. The van der Waals surface area contributed by atoms with E-state index < -0.39 is 4.92 Å². The minimum Gasteiger partial charge on any atom is -0.497 e. The summed E-state index contributed by atoms with van der Waals surface area (Å²) in [6.45, 7) is 0. The second kappa shape index (κ2) is 4.70. The van der Waals surface area contributed by atoms with Gasteiger partial charge in [0.25, 0.3) is 5.69 Å². The second-order valence-corrected chi connectivity index (χ2v) is 3.61. The Morgan fingerprint density at radius 2 is 2.11 bits per heavy atom. The van der Waals surface area contributed by atoms with E-state index in [2.05, 4.69) is 4.98 Å². The first kappa shape index (κ1) is 11.8. The molecule has 0 unspecified atom stereocenters. The number of nitrogens with two attached hydrogens (primary N) is 1. The van der Waals surface area contributed by atoms with Gasteiger partial charge in [0.2, 0.25) is 0 Å². The standard InChI is InChI=1S/C12H11N3O3/c1-18-9-4-5-14-11(7-9)8-2-3-10(13)12(6-8)15(16)17/h2-7H,13H2,1H3. The molecular weight excluding hydrogens is 234 g/mol. The van der Waals surface area contributed by atoms with Crippen LogP contribution >= 0.6 is 0 Å². The number of methoxy groups -OCH3 is 1. The number of nitrogen functional groups attached to an aromatic ring is 1. The van der Waals surface area contributed by atoms with E-state index in [1.54, 1.807) is 31.5 Å². The summed E-state index contributed by atoms with van der Waals surface area (Å²) < 4.78 is 5.08. The molecule has 0 saturated carbocycles. The molecule has 0 fully saturated rings. The monoisotopic (exact) mass is 245 g/mol. The van der Waals surface area contributed by atoms with E-state index in [-0.39, 0.29) is 11.4 Å². The normalized spacial score (nSPS) is 10.1. The van der Waals surface area contributed by atoms with Crippen molar-refractivity contribution in [2.24, 2.45) is 0 Å². The van der Waals surface area contributed by atoms with E-state index in [0.29, 0.717) is 17.0 Å². The first-order valence-corrected chi connectivity index (χ1v) is 5.16. The molecule has 0 bridgehead atoms. The van der Waals surface area contributed by atoms with Gasteiger partial charge in [-0.25, -0.2) is 0 Å². The lowest BCUT2D eigenvalue weighted by molar-refractivity contribution is -0.383. The number of ether oxygens (including phenoxy) is 1. The van der Waals surface area contributed by atoms with Crippen molar-refractivity contribution in [2.45, 2.75) is 0 Å². The molecule has 1 heterocycles. The minimum absolute atomic E-state index is 0.128. The quantitative estimate of drug-likeness (QED) is 0.508. The van der Waals surface area contributed by atoms with Gasteiger partial charge in [0.05, 0.1) is 17.7 Å². The molecule has 6 nitrogen and oxygen atoms in total. The van der Waals surface area contributed by atoms with Gasteiger partial charge in [-0.15, -0.1) is 0 Å². The zero-order valence-electron chi connectivity index (χ0n) is 9.66. The van der Waals surface area contributed by atoms with Gasteiger partial charge >= 0.3 is 0 Å².